The predicted molar refractivity (Wildman–Crippen MR) is 190 cm³/mol. The zero-order valence-corrected chi connectivity index (χ0v) is 30.7. The van der Waals surface area contributed by atoms with Gasteiger partial charge in [0, 0.05) is 40.1 Å². The molecule has 0 atom stereocenters. The van der Waals surface area contributed by atoms with Gasteiger partial charge in [-0.2, -0.15) is 0 Å². The van der Waals surface area contributed by atoms with Crippen LogP contribution in [0.4, 0.5) is 0 Å². The summed E-state index contributed by atoms with van der Waals surface area (Å²) < 4.78 is 31.6. The molecule has 0 aliphatic rings. The van der Waals surface area contributed by atoms with Gasteiger partial charge in [-0.3, -0.25) is 0 Å². The van der Waals surface area contributed by atoms with E-state index in [4.69, 9.17) is 23.7 Å². The second-order valence-electron chi connectivity index (χ2n) is 13.9. The van der Waals surface area contributed by atoms with E-state index in [9.17, 15) is 0 Å². The molecule has 0 aliphatic carbocycles. The summed E-state index contributed by atoms with van der Waals surface area (Å²) >= 11 is 0. The van der Waals surface area contributed by atoms with Crippen LogP contribution in [0.2, 0.25) is 0 Å². The van der Waals surface area contributed by atoms with Crippen molar-refractivity contribution < 1.29 is 23.7 Å². The van der Waals surface area contributed by atoms with Crippen LogP contribution in [0.3, 0.4) is 0 Å². The van der Waals surface area contributed by atoms with Crippen molar-refractivity contribution in [3.8, 4) is 28.7 Å². The fourth-order valence-electron chi connectivity index (χ4n) is 5.03. The van der Waals surface area contributed by atoms with Crippen LogP contribution in [0.15, 0.2) is 48.5 Å². The van der Waals surface area contributed by atoms with Crippen LogP contribution in [0.25, 0.3) is 0 Å². The van der Waals surface area contributed by atoms with Crippen LogP contribution in [-0.4, -0.2) is 85.6 Å². The van der Waals surface area contributed by atoms with Gasteiger partial charge in [0.15, 0.2) is 0 Å². The highest BCUT2D eigenvalue weighted by Crippen LogP contribution is 2.48. The lowest BCUT2D eigenvalue weighted by Gasteiger charge is -2.32. The van der Waals surface area contributed by atoms with Gasteiger partial charge in [0.2, 0.25) is 0 Å². The molecule has 3 aromatic carbocycles. The average molecular weight is 639 g/mol. The second kappa shape index (κ2) is 15.5. The molecule has 0 saturated carbocycles. The summed E-state index contributed by atoms with van der Waals surface area (Å²) in [6.45, 7) is 16.0. The van der Waals surface area contributed by atoms with Crippen LogP contribution in [-0.2, 0) is 10.8 Å². The summed E-state index contributed by atoms with van der Waals surface area (Å²) in [6.07, 6.45) is 0. The lowest BCUT2D eigenvalue weighted by atomic mass is 9.86. The summed E-state index contributed by atoms with van der Waals surface area (Å²) in [4.78, 5) is 4.27. The van der Waals surface area contributed by atoms with E-state index >= 15 is 0 Å². The monoisotopic (exact) mass is 638 g/mol. The van der Waals surface area contributed by atoms with Crippen LogP contribution in [0.1, 0.15) is 52.7 Å². The molecule has 0 aromatic heterocycles. The molecule has 0 radical (unpaired) electrons. The molecule has 3 rings (SSSR count). The van der Waals surface area contributed by atoms with Crippen molar-refractivity contribution in [2.45, 2.75) is 52.4 Å². The highest BCUT2D eigenvalue weighted by Gasteiger charge is 2.34. The standard InChI is InChI=1S/C37H55N2O5P/c1-36(2,3)28-22-26(40-11)24-32(34(28)43-20-18-38(7)8)45(31-17-15-14-16-30(31)42-13)33-25-27(41-12)23-29(37(4,5)6)35(33)44-21-19-39(9)10/h14-17,22-25H,18-21H2,1-13H3. The lowest BCUT2D eigenvalue weighted by molar-refractivity contribution is 0.258. The number of hydrogen-bond donors (Lipinski definition) is 0. The molecule has 0 unspecified atom stereocenters. The molecule has 0 fully saturated rings. The Morgan fingerprint density at radius 1 is 0.578 bits per heavy atom. The van der Waals surface area contributed by atoms with Gasteiger partial charge in [0.05, 0.1) is 21.3 Å². The highest BCUT2D eigenvalue weighted by molar-refractivity contribution is 7.80. The fourth-order valence-corrected chi connectivity index (χ4v) is 7.71. The van der Waals surface area contributed by atoms with E-state index in [-0.39, 0.29) is 10.8 Å². The number of ether oxygens (including phenoxy) is 5. The molecule has 0 saturated heterocycles. The number of nitrogens with zero attached hydrogens (tertiary/aromatic N) is 2. The first-order valence-corrected chi connectivity index (χ1v) is 16.9. The van der Waals surface area contributed by atoms with Crippen LogP contribution in [0.5, 0.6) is 28.7 Å². The van der Waals surface area contributed by atoms with E-state index in [1.807, 2.05) is 12.1 Å². The number of methoxy groups -OCH3 is 3. The topological polar surface area (TPSA) is 52.6 Å². The van der Waals surface area contributed by atoms with Gasteiger partial charge in [-0.15, -0.1) is 0 Å². The minimum absolute atomic E-state index is 0.214. The zero-order chi connectivity index (χ0) is 33.5. The van der Waals surface area contributed by atoms with E-state index in [0.717, 1.165) is 68.9 Å². The Hall–Kier alpha value is -2.99. The molecule has 248 valence electrons. The van der Waals surface area contributed by atoms with Crippen LogP contribution >= 0.6 is 7.92 Å². The first-order chi connectivity index (χ1) is 21.1. The van der Waals surface area contributed by atoms with Crippen molar-refractivity contribution in [3.63, 3.8) is 0 Å². The van der Waals surface area contributed by atoms with Crippen molar-refractivity contribution in [3.05, 3.63) is 59.7 Å². The van der Waals surface area contributed by atoms with Gasteiger partial charge in [-0.1, -0.05) is 59.7 Å². The molecular formula is C37H55N2O5P. The van der Waals surface area contributed by atoms with Crippen molar-refractivity contribution in [2.24, 2.45) is 0 Å². The van der Waals surface area contributed by atoms with Crippen molar-refractivity contribution in [1.29, 1.82) is 0 Å². The Balaban J connectivity index is 2.55. The third-order valence-corrected chi connectivity index (χ3v) is 10.0. The normalized spacial score (nSPS) is 12.2. The maximum absolute atomic E-state index is 6.81. The van der Waals surface area contributed by atoms with E-state index in [1.165, 1.54) is 0 Å². The van der Waals surface area contributed by atoms with Gasteiger partial charge in [-0.25, -0.2) is 0 Å². The second-order valence-corrected chi connectivity index (χ2v) is 16.0. The Bertz CT molecular complexity index is 1330. The van der Waals surface area contributed by atoms with Crippen molar-refractivity contribution in [1.82, 2.24) is 9.80 Å². The van der Waals surface area contributed by atoms with E-state index < -0.39 is 7.92 Å². The van der Waals surface area contributed by atoms with Crippen molar-refractivity contribution >= 4 is 23.8 Å². The smallest absolute Gasteiger partial charge is 0.131 e. The Morgan fingerprint density at radius 3 is 1.36 bits per heavy atom. The van der Waals surface area contributed by atoms with Gasteiger partial charge < -0.3 is 33.5 Å². The number of rotatable bonds is 14. The lowest BCUT2D eigenvalue weighted by Crippen LogP contribution is -2.30. The van der Waals surface area contributed by atoms with Gasteiger partial charge in [-0.05, 0) is 77.3 Å². The van der Waals surface area contributed by atoms with Gasteiger partial charge >= 0.3 is 0 Å². The Morgan fingerprint density at radius 2 is 1.00 bits per heavy atom. The van der Waals surface area contributed by atoms with E-state index in [1.54, 1.807) is 21.3 Å². The summed E-state index contributed by atoms with van der Waals surface area (Å²) in [5.41, 5.74) is 1.75. The molecule has 0 bridgehead atoms. The number of hydrogen-bond acceptors (Lipinski definition) is 7. The molecule has 0 heterocycles. The first-order valence-electron chi connectivity index (χ1n) is 15.6. The molecule has 0 aliphatic heterocycles. The molecule has 45 heavy (non-hydrogen) atoms. The highest BCUT2D eigenvalue weighted by atomic mass is 31.1. The molecule has 3 aromatic rings. The van der Waals surface area contributed by atoms with Crippen LogP contribution < -0.4 is 39.6 Å². The predicted octanol–water partition coefficient (Wildman–Crippen LogP) is 5.95. The average Bonchev–Trinajstić information content (AvgIpc) is 2.96. The largest absolute Gasteiger partial charge is 0.497 e. The minimum atomic E-state index is -1.31. The molecule has 0 amide bonds. The third-order valence-electron chi connectivity index (χ3n) is 7.55. The van der Waals surface area contributed by atoms with Crippen LogP contribution in [0, 0.1) is 0 Å². The molecule has 8 heteroatoms. The Kier molecular flexibility index (Phi) is 12.6. The summed E-state index contributed by atoms with van der Waals surface area (Å²) in [6, 6.07) is 16.8. The van der Waals surface area contributed by atoms with E-state index in [2.05, 4.69) is 116 Å². The van der Waals surface area contributed by atoms with E-state index in [0.29, 0.717) is 13.2 Å². The Labute approximate surface area is 273 Å². The third kappa shape index (κ3) is 9.28. The van der Waals surface area contributed by atoms with Gasteiger partial charge in [0.25, 0.3) is 0 Å². The van der Waals surface area contributed by atoms with Gasteiger partial charge in [0.1, 0.15) is 42.0 Å². The zero-order valence-electron chi connectivity index (χ0n) is 29.8. The number of benzene rings is 3. The summed E-state index contributed by atoms with van der Waals surface area (Å²) in [5, 5.41) is 3.15. The minimum Gasteiger partial charge on any atom is -0.497 e. The molecular weight excluding hydrogens is 583 g/mol. The molecule has 7 nitrogen and oxygen atoms in total. The quantitative estimate of drug-likeness (QED) is 0.203. The SMILES string of the molecule is COc1cc(P(c2ccccc2OC)c2cc(OC)cc(C(C)(C)C)c2OCCN(C)C)c(OCCN(C)C)c(C(C)(C)C)c1. The summed E-state index contributed by atoms with van der Waals surface area (Å²) in [7, 11) is 12.1. The number of para-hydroxylation sites is 1. The maximum atomic E-state index is 6.81. The molecule has 0 N–H and O–H groups in total. The fraction of sp³-hybridized carbons (Fsp3) is 0.514. The van der Waals surface area contributed by atoms with Crippen molar-refractivity contribution in [2.75, 3.05) is 75.8 Å². The first kappa shape index (κ1) is 36.5. The maximum Gasteiger partial charge on any atom is 0.131 e. The summed E-state index contributed by atoms with van der Waals surface area (Å²) in [5.74, 6) is 4.13. The number of likely N-dealkylation sites (N-methyl/N-ethyl adjacent to an activating group) is 2. The molecule has 0 spiro atoms.